The lowest BCUT2D eigenvalue weighted by Gasteiger charge is -2.18. The highest BCUT2D eigenvalue weighted by Gasteiger charge is 2.07. The molecule has 1 N–H and O–H groups in total. The van der Waals surface area contributed by atoms with Crippen LogP contribution < -0.4 is 0 Å². The van der Waals surface area contributed by atoms with Crippen molar-refractivity contribution < 1.29 is 5.11 Å². The van der Waals surface area contributed by atoms with Gasteiger partial charge in [-0.15, -0.1) is 0 Å². The molecule has 106 valence electrons. The van der Waals surface area contributed by atoms with Crippen LogP contribution in [0.4, 0.5) is 0 Å². The summed E-state index contributed by atoms with van der Waals surface area (Å²) in [5, 5.41) is 10.1. The Kier molecular flexibility index (Phi) is 5.78. The molecule has 0 fully saturated rings. The number of aliphatic hydroxyl groups excluding tert-OH is 1. The normalized spacial score (nSPS) is 12.6. The topological polar surface area (TPSA) is 23.5 Å². The van der Waals surface area contributed by atoms with Crippen LogP contribution in [-0.4, -0.2) is 23.6 Å². The van der Waals surface area contributed by atoms with Crippen LogP contribution in [0.2, 0.25) is 0 Å². The van der Waals surface area contributed by atoms with Crippen molar-refractivity contribution in [1.29, 1.82) is 0 Å². The van der Waals surface area contributed by atoms with Gasteiger partial charge in [0.05, 0.1) is 6.10 Å². The van der Waals surface area contributed by atoms with E-state index in [4.69, 9.17) is 0 Å². The average Bonchev–Trinajstić information content (AvgIpc) is 2.49. The second-order valence-corrected chi connectivity index (χ2v) is 5.29. The van der Waals surface area contributed by atoms with Crippen LogP contribution in [0.1, 0.15) is 30.1 Å². The molecular weight excluding hydrogens is 246 g/mol. The summed E-state index contributed by atoms with van der Waals surface area (Å²) in [5.41, 5.74) is 2.34. The minimum atomic E-state index is -0.346. The Morgan fingerprint density at radius 1 is 0.950 bits per heavy atom. The first-order chi connectivity index (χ1) is 9.75. The molecule has 0 saturated carbocycles. The van der Waals surface area contributed by atoms with Crippen LogP contribution in [0.5, 0.6) is 0 Å². The van der Waals surface area contributed by atoms with Crippen LogP contribution in [0.15, 0.2) is 60.7 Å². The van der Waals surface area contributed by atoms with Crippen molar-refractivity contribution >= 4 is 0 Å². The molecule has 0 spiro atoms. The maximum Gasteiger partial charge on any atom is 0.0790 e. The van der Waals surface area contributed by atoms with Gasteiger partial charge in [-0.2, -0.15) is 0 Å². The number of nitrogens with zero attached hydrogens (tertiary/aromatic N) is 1. The zero-order valence-electron chi connectivity index (χ0n) is 12.1. The summed E-state index contributed by atoms with van der Waals surface area (Å²) in [6, 6.07) is 20.4. The largest absolute Gasteiger partial charge is 0.388 e. The van der Waals surface area contributed by atoms with Crippen molar-refractivity contribution in [1.82, 2.24) is 4.90 Å². The molecule has 0 bridgehead atoms. The Hall–Kier alpha value is -1.64. The summed E-state index contributed by atoms with van der Waals surface area (Å²) in [5.74, 6) is 0. The van der Waals surface area contributed by atoms with Crippen molar-refractivity contribution in [2.75, 3.05) is 13.6 Å². The van der Waals surface area contributed by atoms with Crippen molar-refractivity contribution in [3.8, 4) is 0 Å². The van der Waals surface area contributed by atoms with Crippen LogP contribution >= 0.6 is 0 Å². The summed E-state index contributed by atoms with van der Waals surface area (Å²) >= 11 is 0. The van der Waals surface area contributed by atoms with E-state index >= 15 is 0 Å². The first kappa shape index (κ1) is 14.8. The molecule has 0 radical (unpaired) electrons. The third kappa shape index (κ3) is 4.80. The molecule has 0 saturated heterocycles. The van der Waals surface area contributed by atoms with Gasteiger partial charge in [-0.05, 0) is 37.6 Å². The predicted molar refractivity (Wildman–Crippen MR) is 83.4 cm³/mol. The molecule has 0 amide bonds. The van der Waals surface area contributed by atoms with E-state index in [2.05, 4.69) is 36.2 Å². The summed E-state index contributed by atoms with van der Waals surface area (Å²) in [4.78, 5) is 2.30. The Morgan fingerprint density at radius 2 is 1.55 bits per heavy atom. The molecule has 0 heterocycles. The molecule has 0 unspecified atom stereocenters. The second kappa shape index (κ2) is 7.83. The standard InChI is InChI=1S/C18H23NO/c1-19(15-16-9-4-2-5-10-16)14-8-13-18(20)17-11-6-3-7-12-17/h2-7,9-12,18,20H,8,13-15H2,1H3/t18-/m1/s1. The lowest BCUT2D eigenvalue weighted by atomic mass is 10.0. The van der Waals surface area contributed by atoms with Gasteiger partial charge in [-0.25, -0.2) is 0 Å². The van der Waals surface area contributed by atoms with E-state index in [0.717, 1.165) is 31.5 Å². The van der Waals surface area contributed by atoms with Crippen molar-refractivity contribution in [2.24, 2.45) is 0 Å². The van der Waals surface area contributed by atoms with Gasteiger partial charge in [0.25, 0.3) is 0 Å². The molecule has 1 atom stereocenters. The zero-order chi connectivity index (χ0) is 14.2. The highest BCUT2D eigenvalue weighted by Crippen LogP contribution is 2.17. The molecule has 2 rings (SSSR count). The van der Waals surface area contributed by atoms with E-state index in [0.29, 0.717) is 0 Å². The number of rotatable bonds is 7. The van der Waals surface area contributed by atoms with Crippen molar-refractivity contribution in [2.45, 2.75) is 25.5 Å². The van der Waals surface area contributed by atoms with Gasteiger partial charge in [-0.3, -0.25) is 0 Å². The lowest BCUT2D eigenvalue weighted by Crippen LogP contribution is -2.19. The van der Waals surface area contributed by atoms with E-state index in [1.165, 1.54) is 5.56 Å². The zero-order valence-corrected chi connectivity index (χ0v) is 12.1. The first-order valence-electron chi connectivity index (χ1n) is 7.21. The Bertz CT molecular complexity index is 483. The smallest absolute Gasteiger partial charge is 0.0790 e. The maximum atomic E-state index is 10.1. The van der Waals surface area contributed by atoms with E-state index in [1.54, 1.807) is 0 Å². The molecule has 2 aromatic rings. The van der Waals surface area contributed by atoms with Gasteiger partial charge >= 0.3 is 0 Å². The second-order valence-electron chi connectivity index (χ2n) is 5.29. The molecular formula is C18H23NO. The molecule has 2 heteroatoms. The molecule has 0 aromatic heterocycles. The van der Waals surface area contributed by atoms with Gasteiger partial charge in [0.2, 0.25) is 0 Å². The van der Waals surface area contributed by atoms with E-state index in [1.807, 2.05) is 36.4 Å². The Balaban J connectivity index is 1.70. The van der Waals surface area contributed by atoms with Crippen molar-refractivity contribution in [3.05, 3.63) is 71.8 Å². The summed E-state index contributed by atoms with van der Waals surface area (Å²) < 4.78 is 0. The highest BCUT2D eigenvalue weighted by molar-refractivity contribution is 5.17. The predicted octanol–water partition coefficient (Wildman–Crippen LogP) is 3.63. The quantitative estimate of drug-likeness (QED) is 0.829. The van der Waals surface area contributed by atoms with E-state index < -0.39 is 0 Å². The van der Waals surface area contributed by atoms with Crippen LogP contribution in [0.3, 0.4) is 0 Å². The summed E-state index contributed by atoms with van der Waals surface area (Å²) in [7, 11) is 2.13. The molecule has 2 nitrogen and oxygen atoms in total. The van der Waals surface area contributed by atoms with Gasteiger partial charge < -0.3 is 10.0 Å². The van der Waals surface area contributed by atoms with Crippen LogP contribution in [0.25, 0.3) is 0 Å². The maximum absolute atomic E-state index is 10.1. The number of hydrogen-bond acceptors (Lipinski definition) is 2. The summed E-state index contributed by atoms with van der Waals surface area (Å²) in [6.07, 6.45) is 1.46. The fourth-order valence-corrected chi connectivity index (χ4v) is 2.37. The minimum absolute atomic E-state index is 0.346. The Labute approximate surface area is 121 Å². The summed E-state index contributed by atoms with van der Waals surface area (Å²) in [6.45, 7) is 1.96. The molecule has 0 aliphatic carbocycles. The fourth-order valence-electron chi connectivity index (χ4n) is 2.37. The lowest BCUT2D eigenvalue weighted by molar-refractivity contribution is 0.158. The monoisotopic (exact) mass is 269 g/mol. The van der Waals surface area contributed by atoms with E-state index in [-0.39, 0.29) is 6.10 Å². The van der Waals surface area contributed by atoms with Crippen molar-refractivity contribution in [3.63, 3.8) is 0 Å². The molecule has 20 heavy (non-hydrogen) atoms. The number of aliphatic hydroxyl groups is 1. The average molecular weight is 269 g/mol. The van der Waals surface area contributed by atoms with Gasteiger partial charge in [-0.1, -0.05) is 60.7 Å². The van der Waals surface area contributed by atoms with E-state index in [9.17, 15) is 5.11 Å². The fraction of sp³-hybridized carbons (Fsp3) is 0.333. The number of hydrogen-bond donors (Lipinski definition) is 1. The first-order valence-corrected chi connectivity index (χ1v) is 7.21. The third-order valence-corrected chi connectivity index (χ3v) is 3.50. The number of benzene rings is 2. The highest BCUT2D eigenvalue weighted by atomic mass is 16.3. The minimum Gasteiger partial charge on any atom is -0.388 e. The van der Waals surface area contributed by atoms with Gasteiger partial charge in [0.1, 0.15) is 0 Å². The SMILES string of the molecule is CN(CCC[C@@H](O)c1ccccc1)Cc1ccccc1. The van der Waals surface area contributed by atoms with Crippen LogP contribution in [0, 0.1) is 0 Å². The van der Waals surface area contributed by atoms with Gasteiger partial charge in [0.15, 0.2) is 0 Å². The Morgan fingerprint density at radius 3 is 2.20 bits per heavy atom. The molecule has 0 aliphatic heterocycles. The van der Waals surface area contributed by atoms with Crippen LogP contribution in [-0.2, 0) is 6.54 Å². The molecule has 0 aliphatic rings. The van der Waals surface area contributed by atoms with Gasteiger partial charge in [0, 0.05) is 6.54 Å². The third-order valence-electron chi connectivity index (χ3n) is 3.50. The molecule has 2 aromatic carbocycles.